The number of aromatic nitrogens is 1. The maximum Gasteiger partial charge on any atom is 0.315 e. The minimum absolute atomic E-state index is 0.118. The van der Waals surface area contributed by atoms with E-state index in [0.29, 0.717) is 18.1 Å². The van der Waals surface area contributed by atoms with Gasteiger partial charge in [0.05, 0.1) is 6.04 Å². The molecule has 128 valence electrons. The van der Waals surface area contributed by atoms with Gasteiger partial charge < -0.3 is 15.5 Å². The van der Waals surface area contributed by atoms with Gasteiger partial charge in [-0.2, -0.15) is 0 Å². The summed E-state index contributed by atoms with van der Waals surface area (Å²) in [4.78, 5) is 18.4. The Kier molecular flexibility index (Phi) is 6.58. The number of urea groups is 1. The lowest BCUT2D eigenvalue weighted by molar-refractivity contribution is 0.232. The number of halogens is 1. The van der Waals surface area contributed by atoms with Crippen LogP contribution < -0.4 is 10.6 Å². The Labute approximate surface area is 148 Å². The van der Waals surface area contributed by atoms with E-state index < -0.39 is 0 Å². The Balaban J connectivity index is 1.97. The fraction of sp³-hybridized carbons (Fsp3) is 0.333. The first-order valence-corrected chi connectivity index (χ1v) is 8.17. The molecule has 1 atom stereocenters. The molecule has 1 aromatic carbocycles. The molecule has 1 aromatic heterocycles. The van der Waals surface area contributed by atoms with Crippen LogP contribution in [0.25, 0.3) is 0 Å². The standard InChI is InChI=1S/C18H23ClN4O/c1-13-8-14(10-20-9-13)11-21-18(24)22-17(12-23(2)3)15-4-6-16(19)7-5-15/h4-10,17H,11-12H2,1-3H3,(H2,21,22,24)/t17-/m1/s1. The minimum Gasteiger partial charge on any atom is -0.334 e. The van der Waals surface area contributed by atoms with Crippen LogP contribution in [0.2, 0.25) is 5.02 Å². The third kappa shape index (κ3) is 5.83. The van der Waals surface area contributed by atoms with Crippen molar-refractivity contribution in [3.63, 3.8) is 0 Å². The SMILES string of the molecule is Cc1cncc(CNC(=O)N[C@H](CN(C)C)c2ccc(Cl)cc2)c1. The molecule has 2 N–H and O–H groups in total. The van der Waals surface area contributed by atoms with E-state index in [1.165, 1.54) is 0 Å². The zero-order valence-corrected chi connectivity index (χ0v) is 15.0. The molecule has 2 aromatic rings. The molecule has 1 heterocycles. The largest absolute Gasteiger partial charge is 0.334 e. The predicted octanol–water partition coefficient (Wildman–Crippen LogP) is 3.15. The second-order valence-corrected chi connectivity index (χ2v) is 6.50. The first-order valence-electron chi connectivity index (χ1n) is 7.79. The van der Waals surface area contributed by atoms with Crippen molar-refractivity contribution in [3.8, 4) is 0 Å². The van der Waals surface area contributed by atoms with Crippen molar-refractivity contribution >= 4 is 17.6 Å². The number of nitrogens with one attached hydrogen (secondary N) is 2. The summed E-state index contributed by atoms with van der Waals surface area (Å²) >= 11 is 5.94. The quantitative estimate of drug-likeness (QED) is 0.844. The normalized spacial score (nSPS) is 12.0. The van der Waals surface area contributed by atoms with Crippen LogP contribution in [0.1, 0.15) is 22.7 Å². The number of carbonyl (C=O) groups excluding carboxylic acids is 1. The molecule has 0 spiro atoms. The van der Waals surface area contributed by atoms with Crippen molar-refractivity contribution in [2.45, 2.75) is 19.5 Å². The van der Waals surface area contributed by atoms with E-state index in [-0.39, 0.29) is 12.1 Å². The molecule has 0 unspecified atom stereocenters. The van der Waals surface area contributed by atoms with Crippen LogP contribution in [0.15, 0.2) is 42.7 Å². The van der Waals surface area contributed by atoms with Gasteiger partial charge in [-0.1, -0.05) is 29.8 Å². The Morgan fingerprint density at radius 3 is 2.58 bits per heavy atom. The van der Waals surface area contributed by atoms with Crippen molar-refractivity contribution in [1.82, 2.24) is 20.5 Å². The maximum atomic E-state index is 12.2. The molecular formula is C18H23ClN4O. The van der Waals surface area contributed by atoms with Crippen molar-refractivity contribution in [2.75, 3.05) is 20.6 Å². The number of hydrogen-bond acceptors (Lipinski definition) is 3. The third-order valence-electron chi connectivity index (χ3n) is 3.51. The smallest absolute Gasteiger partial charge is 0.315 e. The Morgan fingerprint density at radius 2 is 1.96 bits per heavy atom. The minimum atomic E-state index is -0.210. The molecule has 2 amide bonds. The molecular weight excluding hydrogens is 324 g/mol. The summed E-state index contributed by atoms with van der Waals surface area (Å²) in [5, 5.41) is 6.57. The second-order valence-electron chi connectivity index (χ2n) is 6.06. The maximum absolute atomic E-state index is 12.2. The average molecular weight is 347 g/mol. The molecule has 0 fully saturated rings. The lowest BCUT2D eigenvalue weighted by Gasteiger charge is -2.23. The number of carbonyl (C=O) groups is 1. The number of nitrogens with zero attached hydrogens (tertiary/aromatic N) is 2. The summed E-state index contributed by atoms with van der Waals surface area (Å²) in [5.41, 5.74) is 3.06. The molecule has 5 nitrogen and oxygen atoms in total. The molecule has 0 aliphatic rings. The summed E-state index contributed by atoms with van der Waals surface area (Å²) in [5.74, 6) is 0. The highest BCUT2D eigenvalue weighted by molar-refractivity contribution is 6.30. The molecule has 0 saturated carbocycles. The van der Waals surface area contributed by atoms with Crippen molar-refractivity contribution < 1.29 is 4.79 Å². The van der Waals surface area contributed by atoms with Crippen molar-refractivity contribution in [1.29, 1.82) is 0 Å². The van der Waals surface area contributed by atoms with Gasteiger partial charge in [0.1, 0.15) is 0 Å². The van der Waals surface area contributed by atoms with Crippen LogP contribution in [0.4, 0.5) is 4.79 Å². The van der Waals surface area contributed by atoms with Gasteiger partial charge in [0, 0.05) is 30.5 Å². The summed E-state index contributed by atoms with van der Waals surface area (Å²) in [6, 6.07) is 9.20. The van der Waals surface area contributed by atoms with Gasteiger partial charge in [0.15, 0.2) is 0 Å². The van der Waals surface area contributed by atoms with Gasteiger partial charge in [0.2, 0.25) is 0 Å². The predicted molar refractivity (Wildman–Crippen MR) is 97.1 cm³/mol. The van der Waals surface area contributed by atoms with Crippen molar-refractivity contribution in [2.24, 2.45) is 0 Å². The summed E-state index contributed by atoms with van der Waals surface area (Å²) in [6.07, 6.45) is 3.54. The summed E-state index contributed by atoms with van der Waals surface area (Å²) in [7, 11) is 3.95. The van der Waals surface area contributed by atoms with Gasteiger partial charge in [-0.3, -0.25) is 4.98 Å². The number of rotatable bonds is 6. The van der Waals surface area contributed by atoms with Gasteiger partial charge >= 0.3 is 6.03 Å². The first-order chi connectivity index (χ1) is 11.4. The number of hydrogen-bond donors (Lipinski definition) is 2. The molecule has 0 aliphatic heterocycles. The van der Waals surface area contributed by atoms with E-state index in [9.17, 15) is 4.79 Å². The summed E-state index contributed by atoms with van der Waals surface area (Å²) in [6.45, 7) is 3.11. The van der Waals surface area contributed by atoms with E-state index >= 15 is 0 Å². The van der Waals surface area contributed by atoms with E-state index in [2.05, 4.69) is 15.6 Å². The van der Waals surface area contributed by atoms with Crippen LogP contribution in [-0.4, -0.2) is 36.6 Å². The topological polar surface area (TPSA) is 57.3 Å². The number of likely N-dealkylation sites (N-methyl/N-ethyl adjacent to an activating group) is 1. The third-order valence-corrected chi connectivity index (χ3v) is 3.76. The van der Waals surface area contributed by atoms with Crippen LogP contribution in [0.3, 0.4) is 0 Å². The average Bonchev–Trinajstić information content (AvgIpc) is 2.53. The Hall–Kier alpha value is -2.11. The summed E-state index contributed by atoms with van der Waals surface area (Å²) < 4.78 is 0. The first kappa shape index (κ1) is 18.2. The molecule has 24 heavy (non-hydrogen) atoms. The highest BCUT2D eigenvalue weighted by Crippen LogP contribution is 2.17. The van der Waals surface area contributed by atoms with Gasteiger partial charge in [0.25, 0.3) is 0 Å². The lowest BCUT2D eigenvalue weighted by atomic mass is 10.1. The monoisotopic (exact) mass is 346 g/mol. The van der Waals surface area contributed by atoms with Gasteiger partial charge in [-0.25, -0.2) is 4.79 Å². The van der Waals surface area contributed by atoms with Crippen molar-refractivity contribution in [3.05, 3.63) is 64.4 Å². The highest BCUT2D eigenvalue weighted by atomic mass is 35.5. The van der Waals surface area contributed by atoms with Gasteiger partial charge in [-0.05, 0) is 49.8 Å². The zero-order valence-electron chi connectivity index (χ0n) is 14.2. The van der Waals surface area contributed by atoms with Crippen LogP contribution in [0, 0.1) is 6.92 Å². The molecule has 0 bridgehead atoms. The van der Waals surface area contributed by atoms with Crippen LogP contribution in [0.5, 0.6) is 0 Å². The number of amides is 2. The van der Waals surface area contributed by atoms with Gasteiger partial charge in [-0.15, -0.1) is 0 Å². The Morgan fingerprint density at radius 1 is 1.25 bits per heavy atom. The second kappa shape index (κ2) is 8.66. The number of pyridine rings is 1. The molecule has 6 heteroatoms. The molecule has 0 aliphatic carbocycles. The van der Waals surface area contributed by atoms with E-state index in [4.69, 9.17) is 11.6 Å². The van der Waals surface area contributed by atoms with Crippen LogP contribution >= 0.6 is 11.6 Å². The fourth-order valence-electron chi connectivity index (χ4n) is 2.40. The molecule has 2 rings (SSSR count). The lowest BCUT2D eigenvalue weighted by Crippen LogP contribution is -2.41. The Bertz CT molecular complexity index is 673. The number of aryl methyl sites for hydroxylation is 1. The fourth-order valence-corrected chi connectivity index (χ4v) is 2.53. The van der Waals surface area contributed by atoms with Crippen LogP contribution in [-0.2, 0) is 6.54 Å². The number of benzene rings is 1. The zero-order chi connectivity index (χ0) is 17.5. The van der Waals surface area contributed by atoms with E-state index in [1.54, 1.807) is 12.4 Å². The van der Waals surface area contributed by atoms with E-state index in [0.717, 1.165) is 16.7 Å². The van der Waals surface area contributed by atoms with E-state index in [1.807, 2.05) is 56.3 Å². The highest BCUT2D eigenvalue weighted by Gasteiger charge is 2.15. The molecule has 0 radical (unpaired) electrons. The molecule has 0 saturated heterocycles.